The molecule has 9 heteroatoms. The summed E-state index contributed by atoms with van der Waals surface area (Å²) in [6.07, 6.45) is 0.872. The van der Waals surface area contributed by atoms with Crippen LogP contribution in [-0.2, 0) is 6.42 Å². The fraction of sp³-hybridized carbons (Fsp3) is 0.0217. The van der Waals surface area contributed by atoms with E-state index in [0.29, 0.717) is 0 Å². The summed E-state index contributed by atoms with van der Waals surface area (Å²) in [5.74, 6) is 2.07. The number of aryl methyl sites for hydroxylation is 2. The smallest absolute Gasteiger partial charge is 0.146 e. The summed E-state index contributed by atoms with van der Waals surface area (Å²) in [5.41, 5.74) is 26.0. The first kappa shape index (κ1) is 84.6. The molecule has 0 atom stereocenters. The molecule has 0 N–H and O–H groups in total. The number of aromatic nitrogens is 6. The van der Waals surface area contributed by atoms with E-state index in [2.05, 4.69) is 494 Å². The Morgan fingerprint density at radius 2 is 0.476 bits per heavy atom. The van der Waals surface area contributed by atoms with Crippen molar-refractivity contribution in [1.82, 2.24) is 28.5 Å². The number of benzene rings is 25. The lowest BCUT2D eigenvalue weighted by Crippen LogP contribution is -2.00. The summed E-state index contributed by atoms with van der Waals surface area (Å²) >= 11 is 5.72. The Bertz CT molecular complexity index is 11000. The summed E-state index contributed by atoms with van der Waals surface area (Å²) in [6, 6.07) is 174. The lowest BCUT2D eigenvalue weighted by molar-refractivity contribution is 0.908. The second kappa shape index (κ2) is 33.8. The molecule has 0 spiro atoms. The molecule has 0 saturated heterocycles. The molecule has 147 heavy (non-hydrogen) atoms. The highest BCUT2D eigenvalue weighted by Gasteiger charge is 2.26. The first-order valence-corrected chi connectivity index (χ1v) is 52.9. The fourth-order valence-electron chi connectivity index (χ4n) is 24.3. The first-order chi connectivity index (χ1) is 72.8. The summed E-state index contributed by atoms with van der Waals surface area (Å²) in [5, 5.41) is 34.7. The van der Waals surface area contributed by atoms with E-state index in [1.54, 1.807) is 0 Å². The van der Waals surface area contributed by atoms with Gasteiger partial charge in [0.05, 0.1) is 38.6 Å². The van der Waals surface area contributed by atoms with Crippen LogP contribution in [0, 0.1) is 6.92 Å². The molecule has 0 saturated carbocycles. The molecule has 686 valence electrons. The number of imidazole rings is 3. The van der Waals surface area contributed by atoms with Crippen molar-refractivity contribution in [3.05, 3.63) is 485 Å². The van der Waals surface area contributed by atoms with Crippen molar-refractivity contribution in [3.63, 3.8) is 0 Å². The van der Waals surface area contributed by atoms with Crippen molar-refractivity contribution in [2.24, 2.45) is 0 Å². The van der Waals surface area contributed by atoms with Gasteiger partial charge in [0.25, 0.3) is 0 Å². The maximum absolute atomic E-state index is 5.10. The molecule has 0 aliphatic carbocycles. The largest absolute Gasteiger partial charge is 0.297 e. The third-order valence-corrected chi connectivity index (χ3v) is 34.4. The molecule has 0 amide bonds. The monoisotopic (exact) mass is 1920 g/mol. The Hall–Kier alpha value is -18.1. The number of nitrogens with zero attached hydrogens (tertiary/aromatic N) is 6. The molecule has 32 aromatic rings. The normalized spacial score (nSPS) is 12.0. The average molecular weight is 1920 g/mol. The van der Waals surface area contributed by atoms with Gasteiger partial charge in [-0.1, -0.05) is 389 Å². The van der Waals surface area contributed by atoms with Crippen molar-refractivity contribution >= 4 is 252 Å². The standard InChI is InChI=1S/C49H28N2S.C45H30N2S.C44H28N2S/c1-2-12-32-29(11-1)21-25-39-34-24-22-31(28-45(34)52-48(32)39)47-37-16-6-4-14-35(37)46(36-15-5-7-17-38(36)47)30-23-26-43-41(27-30)33-13-3-8-18-40(33)49-50-42-19-9-10-20-44(42)51(43)49;1-2-42-46-39-17-9-10-18-40(39)47(42)31-23-19-29(20-24-31)43-34-13-5-7-15-36(34)44(37-16-8-6-14-35(37)43)30-22-25-33-38-26-21-28-11-3-4-12-32(28)45(38)48-41(33)27-30;1-27-45-39-16-8-9-17-40(39)46(27)31-22-18-29(19-23-31)42-34-12-4-6-14-36(34)43(37-15-7-5-13-35(37)42)30-21-24-33-38-25-20-28-10-2-3-11-32(28)44(38)47-41(33)26-30/h1-28H;3-27H,2H2,1H3;2-26H,1H3. The van der Waals surface area contributed by atoms with Crippen LogP contribution in [0.25, 0.3) is 296 Å². The molecule has 0 radical (unpaired) electrons. The highest BCUT2D eigenvalue weighted by molar-refractivity contribution is 7.27. The molecule has 32 rings (SSSR count). The maximum atomic E-state index is 5.10. The minimum Gasteiger partial charge on any atom is -0.297 e. The van der Waals surface area contributed by atoms with Crippen LogP contribution in [-0.4, -0.2) is 28.5 Å². The SMILES string of the molecule is CCc1nc2ccccc2n1-c1ccc(-c2c3ccccc3c(-c3ccc4c(c3)sc3c5ccccc5ccc43)c3ccccc23)cc1.Cc1nc2ccccc2n1-c1ccc(-c2c3ccccc3c(-c3ccc4c(c3)sc3c5ccccc5ccc43)c3ccccc23)cc1.c1ccc2c(c1)ccc1c3ccc(-c4c5ccccc5c(-c5ccc6c(c5)c5ccccc5c5nc7ccccc7n65)c5ccccc45)cc3sc21. The number of pyridine rings is 1. The van der Waals surface area contributed by atoms with Crippen molar-refractivity contribution < 1.29 is 0 Å². The van der Waals surface area contributed by atoms with E-state index in [9.17, 15) is 0 Å². The summed E-state index contributed by atoms with van der Waals surface area (Å²) in [6.45, 7) is 4.25. The lowest BCUT2D eigenvalue weighted by atomic mass is 9.85. The van der Waals surface area contributed by atoms with Gasteiger partial charge < -0.3 is 0 Å². The van der Waals surface area contributed by atoms with Gasteiger partial charge in [-0.2, -0.15) is 0 Å². The van der Waals surface area contributed by atoms with E-state index in [4.69, 9.17) is 15.0 Å². The summed E-state index contributed by atoms with van der Waals surface area (Å²) in [4.78, 5) is 14.8. The third kappa shape index (κ3) is 13.3. The van der Waals surface area contributed by atoms with Crippen LogP contribution in [0.4, 0.5) is 0 Å². The van der Waals surface area contributed by atoms with Crippen LogP contribution in [0.1, 0.15) is 18.6 Å². The molecule has 0 fully saturated rings. The van der Waals surface area contributed by atoms with Crippen LogP contribution in [0.5, 0.6) is 0 Å². The topological polar surface area (TPSA) is 52.9 Å². The van der Waals surface area contributed by atoms with E-state index in [0.717, 1.165) is 73.6 Å². The third-order valence-electron chi connectivity index (χ3n) is 30.8. The molecule has 0 bridgehead atoms. The molecule has 25 aromatic carbocycles. The van der Waals surface area contributed by atoms with E-state index >= 15 is 0 Å². The number of hydrogen-bond donors (Lipinski definition) is 0. The van der Waals surface area contributed by atoms with Crippen LogP contribution < -0.4 is 0 Å². The zero-order chi connectivity index (χ0) is 96.7. The van der Waals surface area contributed by atoms with Crippen molar-refractivity contribution in [2.45, 2.75) is 20.3 Å². The second-order valence-corrected chi connectivity index (χ2v) is 41.9. The zero-order valence-electron chi connectivity index (χ0n) is 80.1. The highest BCUT2D eigenvalue weighted by Crippen LogP contribution is 2.53. The van der Waals surface area contributed by atoms with E-state index in [1.165, 1.54) is 241 Å². The van der Waals surface area contributed by atoms with Gasteiger partial charge in [-0.25, -0.2) is 15.0 Å². The van der Waals surface area contributed by atoms with Gasteiger partial charge in [0.15, 0.2) is 0 Å². The Morgan fingerprint density at radius 1 is 0.197 bits per heavy atom. The number of para-hydroxylation sites is 6. The van der Waals surface area contributed by atoms with Crippen LogP contribution in [0.2, 0.25) is 0 Å². The second-order valence-electron chi connectivity index (χ2n) is 38.8. The van der Waals surface area contributed by atoms with Crippen molar-refractivity contribution in [3.8, 4) is 78.1 Å². The Labute approximate surface area is 856 Å². The molecule has 7 heterocycles. The van der Waals surface area contributed by atoms with Gasteiger partial charge in [-0.15, -0.1) is 34.0 Å². The molecule has 0 aliphatic rings. The summed E-state index contributed by atoms with van der Waals surface area (Å²) < 4.78 is 14.9. The van der Waals surface area contributed by atoms with Gasteiger partial charge >= 0.3 is 0 Å². The molecular formula is C138H86N6S3. The van der Waals surface area contributed by atoms with E-state index in [-0.39, 0.29) is 0 Å². The molecule has 0 aliphatic heterocycles. The lowest BCUT2D eigenvalue weighted by Gasteiger charge is -2.18. The van der Waals surface area contributed by atoms with E-state index in [1.807, 2.05) is 40.1 Å². The minimum atomic E-state index is 0.872. The predicted octanol–water partition coefficient (Wildman–Crippen LogP) is 39.2. The number of fused-ring (bicyclic) bond motifs is 31. The van der Waals surface area contributed by atoms with Crippen LogP contribution in [0.15, 0.2) is 473 Å². The Morgan fingerprint density at radius 3 is 0.857 bits per heavy atom. The number of rotatable bonds is 9. The van der Waals surface area contributed by atoms with Crippen molar-refractivity contribution in [1.29, 1.82) is 0 Å². The molecule has 7 aromatic heterocycles. The van der Waals surface area contributed by atoms with Crippen LogP contribution >= 0.6 is 34.0 Å². The highest BCUT2D eigenvalue weighted by atomic mass is 32.1. The van der Waals surface area contributed by atoms with Gasteiger partial charge in [0, 0.05) is 89.1 Å². The Balaban J connectivity index is 0.000000102. The molecule has 6 nitrogen and oxygen atoms in total. The zero-order valence-corrected chi connectivity index (χ0v) is 82.6. The fourth-order valence-corrected chi connectivity index (χ4v) is 28.2. The van der Waals surface area contributed by atoms with Crippen LogP contribution in [0.3, 0.4) is 0 Å². The van der Waals surface area contributed by atoms with Gasteiger partial charge in [0.1, 0.15) is 17.3 Å². The number of thiophene rings is 3. The Kier molecular flexibility index (Phi) is 19.4. The molecular weight excluding hydrogens is 1840 g/mol. The van der Waals surface area contributed by atoms with Crippen molar-refractivity contribution in [2.75, 3.05) is 0 Å². The van der Waals surface area contributed by atoms with E-state index < -0.39 is 0 Å². The van der Waals surface area contributed by atoms with Gasteiger partial charge in [-0.3, -0.25) is 13.5 Å². The van der Waals surface area contributed by atoms with Gasteiger partial charge in [-0.05, 0) is 267 Å². The minimum absolute atomic E-state index is 0.872. The summed E-state index contributed by atoms with van der Waals surface area (Å²) in [7, 11) is 0. The predicted molar refractivity (Wildman–Crippen MR) is 633 cm³/mol. The van der Waals surface area contributed by atoms with Gasteiger partial charge in [0.2, 0.25) is 0 Å². The number of hydrogen-bond acceptors (Lipinski definition) is 6. The first-order valence-electron chi connectivity index (χ1n) is 50.5. The maximum Gasteiger partial charge on any atom is 0.146 e. The molecule has 0 unspecified atom stereocenters. The quantitative estimate of drug-likeness (QED) is 0.107. The average Bonchev–Trinajstić information content (AvgIpc) is 1.66.